The van der Waals surface area contributed by atoms with Gasteiger partial charge in [0, 0.05) is 25.4 Å². The third-order valence-electron chi connectivity index (χ3n) is 3.75. The van der Waals surface area contributed by atoms with Crippen molar-refractivity contribution < 1.29 is 9.15 Å². The molecule has 0 fully saturated rings. The molecule has 7 nitrogen and oxygen atoms in total. The van der Waals surface area contributed by atoms with Crippen LogP contribution in [0.5, 0.6) is 5.75 Å². The van der Waals surface area contributed by atoms with E-state index in [1.54, 1.807) is 16.5 Å². The van der Waals surface area contributed by atoms with Gasteiger partial charge in [0.05, 0.1) is 26.4 Å². The molecule has 0 bridgehead atoms. The van der Waals surface area contributed by atoms with Gasteiger partial charge in [0.1, 0.15) is 5.75 Å². The fourth-order valence-electron chi connectivity index (χ4n) is 2.57. The van der Waals surface area contributed by atoms with Crippen LogP contribution >= 0.6 is 12.2 Å². The average Bonchev–Trinajstić information content (AvgIpc) is 3.14. The third kappa shape index (κ3) is 4.55. The summed E-state index contributed by atoms with van der Waals surface area (Å²) < 4.78 is 14.3. The predicted octanol–water partition coefficient (Wildman–Crippen LogP) is 2.63. The summed E-state index contributed by atoms with van der Waals surface area (Å²) in [5.41, 5.74) is 2.23. The van der Waals surface area contributed by atoms with E-state index < -0.39 is 0 Å². The molecule has 3 rings (SSSR count). The molecule has 132 valence electrons. The minimum atomic E-state index is 0.376. The molecule has 0 aliphatic rings. The number of methoxy groups -OCH3 is 1. The van der Waals surface area contributed by atoms with Crippen LogP contribution < -0.4 is 4.74 Å². The lowest BCUT2D eigenvalue weighted by atomic mass is 10.1. The highest BCUT2D eigenvalue weighted by Crippen LogP contribution is 2.14. The lowest BCUT2D eigenvalue weighted by Crippen LogP contribution is -2.22. The largest absolute Gasteiger partial charge is 0.497 e. The summed E-state index contributed by atoms with van der Waals surface area (Å²) in [7, 11) is 5.56. The lowest BCUT2D eigenvalue weighted by molar-refractivity contribution is 0.240. The second kappa shape index (κ2) is 7.62. The second-order valence-electron chi connectivity index (χ2n) is 5.96. The maximum atomic E-state index is 5.62. The first-order valence-corrected chi connectivity index (χ1v) is 8.30. The van der Waals surface area contributed by atoms with Crippen molar-refractivity contribution in [3.63, 3.8) is 0 Å². The standard InChI is InChI=1S/C17H21N5O2S/c1-20(10-14-9-18-21(2)11-14)12-22-17(25)24-16(19-22)8-13-4-6-15(23-3)7-5-13/h4-7,9,11H,8,10,12H2,1-3H3. The summed E-state index contributed by atoms with van der Waals surface area (Å²) in [5, 5.41) is 8.66. The first-order valence-electron chi connectivity index (χ1n) is 7.89. The van der Waals surface area contributed by atoms with Crippen molar-refractivity contribution in [1.29, 1.82) is 0 Å². The smallest absolute Gasteiger partial charge is 0.288 e. The Morgan fingerprint density at radius 3 is 2.64 bits per heavy atom. The second-order valence-corrected chi connectivity index (χ2v) is 6.31. The van der Waals surface area contributed by atoms with Crippen molar-refractivity contribution in [1.82, 2.24) is 24.5 Å². The SMILES string of the molecule is COc1ccc(Cc2nn(CN(C)Cc3cnn(C)c3)c(=S)o2)cc1. The van der Waals surface area contributed by atoms with Crippen LogP contribution in [-0.4, -0.2) is 38.6 Å². The molecule has 0 radical (unpaired) electrons. The zero-order valence-electron chi connectivity index (χ0n) is 14.5. The van der Waals surface area contributed by atoms with E-state index in [2.05, 4.69) is 15.1 Å². The zero-order chi connectivity index (χ0) is 17.8. The van der Waals surface area contributed by atoms with Crippen LogP contribution in [0.4, 0.5) is 0 Å². The summed E-state index contributed by atoms with van der Waals surface area (Å²) in [6.45, 7) is 1.32. The van der Waals surface area contributed by atoms with Crippen molar-refractivity contribution in [2.45, 2.75) is 19.6 Å². The molecule has 2 heterocycles. The van der Waals surface area contributed by atoms with Gasteiger partial charge in [-0.15, -0.1) is 5.10 Å². The Labute approximate surface area is 151 Å². The summed E-state index contributed by atoms with van der Waals surface area (Å²) in [4.78, 5) is 2.48. The Morgan fingerprint density at radius 2 is 2.00 bits per heavy atom. The van der Waals surface area contributed by atoms with E-state index in [9.17, 15) is 0 Å². The molecule has 0 N–H and O–H groups in total. The van der Waals surface area contributed by atoms with Crippen LogP contribution in [0.2, 0.25) is 0 Å². The molecular weight excluding hydrogens is 338 g/mol. The molecule has 0 atom stereocenters. The molecular formula is C17H21N5O2S. The van der Waals surface area contributed by atoms with Gasteiger partial charge in [-0.3, -0.25) is 9.58 Å². The highest BCUT2D eigenvalue weighted by Gasteiger charge is 2.10. The Morgan fingerprint density at radius 1 is 1.24 bits per heavy atom. The third-order valence-corrected chi connectivity index (χ3v) is 4.04. The molecule has 3 aromatic rings. The molecule has 0 aliphatic heterocycles. The number of ether oxygens (including phenoxy) is 1. The van der Waals surface area contributed by atoms with Gasteiger partial charge < -0.3 is 9.15 Å². The van der Waals surface area contributed by atoms with E-state index in [0.29, 0.717) is 23.8 Å². The van der Waals surface area contributed by atoms with E-state index in [-0.39, 0.29) is 0 Å². The molecule has 25 heavy (non-hydrogen) atoms. The van der Waals surface area contributed by atoms with Gasteiger partial charge in [-0.1, -0.05) is 12.1 Å². The van der Waals surface area contributed by atoms with Crippen LogP contribution in [0, 0.1) is 4.84 Å². The van der Waals surface area contributed by atoms with Crippen molar-refractivity contribution in [3.05, 3.63) is 58.5 Å². The molecule has 0 saturated carbocycles. The average molecular weight is 359 g/mol. The molecule has 0 aliphatic carbocycles. The first kappa shape index (κ1) is 17.4. The Bertz CT molecular complexity index is 881. The monoisotopic (exact) mass is 359 g/mol. The minimum Gasteiger partial charge on any atom is -0.497 e. The number of aromatic nitrogens is 4. The Balaban J connectivity index is 1.64. The molecule has 0 spiro atoms. The van der Waals surface area contributed by atoms with E-state index in [4.69, 9.17) is 21.4 Å². The van der Waals surface area contributed by atoms with Crippen LogP contribution in [0.15, 0.2) is 41.1 Å². The van der Waals surface area contributed by atoms with E-state index in [1.807, 2.05) is 50.8 Å². The molecule has 1 aromatic carbocycles. The Kier molecular flexibility index (Phi) is 5.30. The van der Waals surface area contributed by atoms with Gasteiger partial charge in [-0.25, -0.2) is 4.68 Å². The molecule has 0 unspecified atom stereocenters. The number of nitrogens with zero attached hydrogens (tertiary/aromatic N) is 5. The maximum absolute atomic E-state index is 5.62. The number of aryl methyl sites for hydroxylation is 1. The summed E-state index contributed by atoms with van der Waals surface area (Å²) >= 11 is 5.29. The fourth-order valence-corrected chi connectivity index (χ4v) is 2.77. The number of hydrogen-bond donors (Lipinski definition) is 0. The summed E-state index contributed by atoms with van der Waals surface area (Å²) in [6, 6.07) is 7.82. The first-order chi connectivity index (χ1) is 12.0. The van der Waals surface area contributed by atoms with Crippen LogP contribution in [0.3, 0.4) is 0 Å². The van der Waals surface area contributed by atoms with Gasteiger partial charge in [0.2, 0.25) is 5.89 Å². The van der Waals surface area contributed by atoms with Crippen molar-refractivity contribution in [2.75, 3.05) is 14.2 Å². The summed E-state index contributed by atoms with van der Waals surface area (Å²) in [6.07, 6.45) is 4.44. The molecule has 0 amide bonds. The fraction of sp³-hybridized carbons (Fsp3) is 0.353. The molecule has 8 heteroatoms. The normalized spacial score (nSPS) is 11.2. The number of hydrogen-bond acceptors (Lipinski definition) is 6. The van der Waals surface area contributed by atoms with Crippen LogP contribution in [0.25, 0.3) is 0 Å². The zero-order valence-corrected chi connectivity index (χ0v) is 15.4. The topological polar surface area (TPSA) is 61.2 Å². The van der Waals surface area contributed by atoms with Gasteiger partial charge in [-0.05, 0) is 37.0 Å². The van der Waals surface area contributed by atoms with Crippen molar-refractivity contribution in [2.24, 2.45) is 7.05 Å². The minimum absolute atomic E-state index is 0.376. The van der Waals surface area contributed by atoms with E-state index in [1.165, 1.54) is 0 Å². The van der Waals surface area contributed by atoms with Gasteiger partial charge in [-0.2, -0.15) is 5.10 Å². The number of rotatable bonds is 7. The highest BCUT2D eigenvalue weighted by molar-refractivity contribution is 7.71. The van der Waals surface area contributed by atoms with E-state index in [0.717, 1.165) is 23.4 Å². The quantitative estimate of drug-likeness (QED) is 0.605. The van der Waals surface area contributed by atoms with Crippen molar-refractivity contribution >= 4 is 12.2 Å². The van der Waals surface area contributed by atoms with E-state index >= 15 is 0 Å². The highest BCUT2D eigenvalue weighted by atomic mass is 32.1. The maximum Gasteiger partial charge on any atom is 0.288 e. The van der Waals surface area contributed by atoms with Crippen molar-refractivity contribution in [3.8, 4) is 5.75 Å². The lowest BCUT2D eigenvalue weighted by Gasteiger charge is -2.14. The van der Waals surface area contributed by atoms with Gasteiger partial charge in [0.15, 0.2) is 0 Å². The van der Waals surface area contributed by atoms with Gasteiger partial charge >= 0.3 is 0 Å². The van der Waals surface area contributed by atoms with Crippen LogP contribution in [-0.2, 0) is 26.7 Å². The van der Waals surface area contributed by atoms with Crippen LogP contribution in [0.1, 0.15) is 17.0 Å². The Hall–Kier alpha value is -2.45. The molecule has 2 aromatic heterocycles. The number of benzene rings is 1. The molecule has 0 saturated heterocycles. The predicted molar refractivity (Wildman–Crippen MR) is 95.8 cm³/mol. The summed E-state index contributed by atoms with van der Waals surface area (Å²) in [5.74, 6) is 1.43. The van der Waals surface area contributed by atoms with Gasteiger partial charge in [0.25, 0.3) is 4.84 Å².